The molecule has 6 heteroatoms. The third kappa shape index (κ3) is 4.54. The highest BCUT2D eigenvalue weighted by molar-refractivity contribution is 7.16. The quantitative estimate of drug-likeness (QED) is 0.836. The molecule has 0 bridgehead atoms. The summed E-state index contributed by atoms with van der Waals surface area (Å²) in [6.07, 6.45) is 3.28. The molecule has 1 fully saturated rings. The highest BCUT2D eigenvalue weighted by Crippen LogP contribution is 2.32. The second-order valence-electron chi connectivity index (χ2n) is 6.31. The molecule has 1 aliphatic heterocycles. The van der Waals surface area contributed by atoms with Crippen molar-refractivity contribution in [3.05, 3.63) is 16.0 Å². The number of ether oxygens (including phenoxy) is 1. The number of nitrogens with one attached hydrogen (secondary N) is 2. The van der Waals surface area contributed by atoms with Gasteiger partial charge < -0.3 is 15.4 Å². The Hall–Kier alpha value is -1.40. The van der Waals surface area contributed by atoms with Gasteiger partial charge in [0, 0.05) is 23.9 Å². The van der Waals surface area contributed by atoms with E-state index in [2.05, 4.69) is 10.6 Å². The SMILES string of the molecule is Cc1sc(NC(=O)C(C)C)c(C(=O)NCC[C@H]2CCCO2)c1C. The molecule has 2 heterocycles. The van der Waals surface area contributed by atoms with Gasteiger partial charge in [0.2, 0.25) is 5.91 Å². The lowest BCUT2D eigenvalue weighted by molar-refractivity contribution is -0.118. The van der Waals surface area contributed by atoms with Crippen LogP contribution in [-0.4, -0.2) is 31.1 Å². The molecule has 1 aromatic heterocycles. The fraction of sp³-hybridized carbons (Fsp3) is 0.647. The summed E-state index contributed by atoms with van der Waals surface area (Å²) < 4.78 is 5.56. The molecular formula is C17H26N2O3S. The van der Waals surface area contributed by atoms with Crippen LogP contribution in [0.1, 0.15) is 53.9 Å². The van der Waals surface area contributed by atoms with Gasteiger partial charge in [-0.1, -0.05) is 13.8 Å². The number of carbonyl (C=O) groups is 2. The summed E-state index contributed by atoms with van der Waals surface area (Å²) in [5, 5.41) is 6.48. The first kappa shape index (κ1) is 17.9. The van der Waals surface area contributed by atoms with Crippen LogP contribution in [0.25, 0.3) is 0 Å². The van der Waals surface area contributed by atoms with Gasteiger partial charge in [-0.15, -0.1) is 11.3 Å². The van der Waals surface area contributed by atoms with E-state index in [9.17, 15) is 9.59 Å². The van der Waals surface area contributed by atoms with Gasteiger partial charge in [-0.25, -0.2) is 0 Å². The monoisotopic (exact) mass is 338 g/mol. The largest absolute Gasteiger partial charge is 0.378 e. The van der Waals surface area contributed by atoms with Gasteiger partial charge in [0.1, 0.15) is 5.00 Å². The molecular weight excluding hydrogens is 312 g/mol. The first-order chi connectivity index (χ1) is 10.9. The third-order valence-electron chi connectivity index (χ3n) is 4.15. The molecule has 0 radical (unpaired) electrons. The fourth-order valence-electron chi connectivity index (χ4n) is 2.55. The molecule has 0 saturated carbocycles. The number of aryl methyl sites for hydroxylation is 1. The number of hydrogen-bond donors (Lipinski definition) is 2. The molecule has 0 aliphatic carbocycles. The minimum absolute atomic E-state index is 0.0698. The normalized spacial score (nSPS) is 17.5. The van der Waals surface area contributed by atoms with Crippen LogP contribution in [0, 0.1) is 19.8 Å². The van der Waals surface area contributed by atoms with Gasteiger partial charge in [-0.2, -0.15) is 0 Å². The molecule has 1 saturated heterocycles. The van der Waals surface area contributed by atoms with Crippen molar-refractivity contribution in [2.24, 2.45) is 5.92 Å². The van der Waals surface area contributed by atoms with Gasteiger partial charge in [0.25, 0.3) is 5.91 Å². The molecule has 2 amide bonds. The average molecular weight is 338 g/mol. The Morgan fingerprint density at radius 3 is 2.70 bits per heavy atom. The highest BCUT2D eigenvalue weighted by atomic mass is 32.1. The molecule has 1 aliphatic rings. The van der Waals surface area contributed by atoms with E-state index in [-0.39, 0.29) is 23.8 Å². The topological polar surface area (TPSA) is 67.4 Å². The van der Waals surface area contributed by atoms with Crippen LogP contribution in [0.2, 0.25) is 0 Å². The van der Waals surface area contributed by atoms with Gasteiger partial charge >= 0.3 is 0 Å². The van der Waals surface area contributed by atoms with Gasteiger partial charge in [0.05, 0.1) is 11.7 Å². The molecule has 2 N–H and O–H groups in total. The molecule has 5 nitrogen and oxygen atoms in total. The predicted molar refractivity (Wildman–Crippen MR) is 93.2 cm³/mol. The van der Waals surface area contributed by atoms with Crippen LogP contribution in [-0.2, 0) is 9.53 Å². The number of amides is 2. The van der Waals surface area contributed by atoms with E-state index in [1.165, 1.54) is 11.3 Å². The Morgan fingerprint density at radius 1 is 1.35 bits per heavy atom. The Labute approximate surface area is 141 Å². The van der Waals surface area contributed by atoms with E-state index in [0.29, 0.717) is 17.1 Å². The van der Waals surface area contributed by atoms with Crippen LogP contribution in [0.3, 0.4) is 0 Å². The zero-order valence-corrected chi connectivity index (χ0v) is 15.1. The summed E-state index contributed by atoms with van der Waals surface area (Å²) in [6, 6.07) is 0. The standard InChI is InChI=1S/C17H26N2O3S/c1-10(2)15(20)19-17-14(11(3)12(4)23-17)16(21)18-8-7-13-6-5-9-22-13/h10,13H,5-9H2,1-4H3,(H,18,21)(H,19,20)/t13-/m1/s1. The van der Waals surface area contributed by atoms with Crippen LogP contribution in [0.5, 0.6) is 0 Å². The van der Waals surface area contributed by atoms with Crippen molar-refractivity contribution in [1.82, 2.24) is 5.32 Å². The third-order valence-corrected chi connectivity index (χ3v) is 5.27. The first-order valence-electron chi connectivity index (χ1n) is 8.20. The maximum absolute atomic E-state index is 12.5. The molecule has 0 unspecified atom stereocenters. The van der Waals surface area contributed by atoms with E-state index in [1.54, 1.807) is 0 Å². The van der Waals surface area contributed by atoms with Crippen LogP contribution in [0.15, 0.2) is 0 Å². The van der Waals surface area contributed by atoms with Gasteiger partial charge in [-0.3, -0.25) is 9.59 Å². The van der Waals surface area contributed by atoms with Crippen molar-refractivity contribution in [3.63, 3.8) is 0 Å². The Kier molecular flexibility index (Phi) is 6.18. The van der Waals surface area contributed by atoms with E-state index in [1.807, 2.05) is 27.7 Å². The second kappa shape index (κ2) is 7.93. The zero-order valence-electron chi connectivity index (χ0n) is 14.3. The lowest BCUT2D eigenvalue weighted by Gasteiger charge is -2.12. The van der Waals surface area contributed by atoms with Crippen molar-refractivity contribution in [2.75, 3.05) is 18.5 Å². The lowest BCUT2D eigenvalue weighted by atomic mass is 10.1. The molecule has 0 aromatic carbocycles. The summed E-state index contributed by atoms with van der Waals surface area (Å²) in [5.74, 6) is -0.309. The van der Waals surface area contributed by atoms with Crippen LogP contribution < -0.4 is 10.6 Å². The van der Waals surface area contributed by atoms with Gasteiger partial charge in [-0.05, 0) is 38.7 Å². The Balaban J connectivity index is 2.01. The summed E-state index contributed by atoms with van der Waals surface area (Å²) in [7, 11) is 0. The van der Waals surface area contributed by atoms with Crippen LogP contribution in [0.4, 0.5) is 5.00 Å². The van der Waals surface area contributed by atoms with E-state index >= 15 is 0 Å². The number of hydrogen-bond acceptors (Lipinski definition) is 4. The second-order valence-corrected chi connectivity index (χ2v) is 7.54. The Morgan fingerprint density at radius 2 is 2.09 bits per heavy atom. The smallest absolute Gasteiger partial charge is 0.254 e. The van der Waals surface area contributed by atoms with Crippen molar-refractivity contribution in [3.8, 4) is 0 Å². The molecule has 2 rings (SSSR count). The van der Waals surface area contributed by atoms with E-state index in [4.69, 9.17) is 4.74 Å². The maximum Gasteiger partial charge on any atom is 0.254 e. The number of rotatable bonds is 6. The fourth-order valence-corrected chi connectivity index (χ4v) is 3.61. The first-order valence-corrected chi connectivity index (χ1v) is 9.02. The minimum Gasteiger partial charge on any atom is -0.378 e. The molecule has 23 heavy (non-hydrogen) atoms. The minimum atomic E-state index is -0.121. The van der Waals surface area contributed by atoms with Crippen molar-refractivity contribution in [1.29, 1.82) is 0 Å². The maximum atomic E-state index is 12.5. The summed E-state index contributed by atoms with van der Waals surface area (Å²) >= 11 is 1.46. The molecule has 0 spiro atoms. The summed E-state index contributed by atoms with van der Waals surface area (Å²) in [4.78, 5) is 25.5. The molecule has 1 atom stereocenters. The highest BCUT2D eigenvalue weighted by Gasteiger charge is 2.22. The number of thiophene rings is 1. The zero-order chi connectivity index (χ0) is 17.0. The average Bonchev–Trinajstić information content (AvgIpc) is 3.08. The van der Waals surface area contributed by atoms with Crippen molar-refractivity contribution < 1.29 is 14.3 Å². The van der Waals surface area contributed by atoms with E-state index in [0.717, 1.165) is 36.3 Å². The van der Waals surface area contributed by atoms with E-state index < -0.39 is 0 Å². The number of anilines is 1. The van der Waals surface area contributed by atoms with Gasteiger partial charge in [0.15, 0.2) is 0 Å². The lowest BCUT2D eigenvalue weighted by Crippen LogP contribution is -2.28. The number of carbonyl (C=O) groups excluding carboxylic acids is 2. The van der Waals surface area contributed by atoms with Crippen molar-refractivity contribution >= 4 is 28.2 Å². The summed E-state index contributed by atoms with van der Waals surface area (Å²) in [6.45, 7) is 8.98. The molecule has 128 valence electrons. The van der Waals surface area contributed by atoms with Crippen molar-refractivity contribution in [2.45, 2.75) is 53.1 Å². The molecule has 1 aromatic rings. The Bertz CT molecular complexity index is 575. The summed E-state index contributed by atoms with van der Waals surface area (Å²) in [5.41, 5.74) is 1.53. The van der Waals surface area contributed by atoms with Crippen LogP contribution >= 0.6 is 11.3 Å². The predicted octanol–water partition coefficient (Wildman–Crippen LogP) is 3.26.